The van der Waals surface area contributed by atoms with Crippen molar-refractivity contribution < 1.29 is 9.59 Å². The van der Waals surface area contributed by atoms with Crippen LogP contribution in [0.1, 0.15) is 29.2 Å². The number of carbonyl (C=O) groups is 2. The Labute approximate surface area is 170 Å². The molecular weight excluding hydrogens is 374 g/mol. The monoisotopic (exact) mass is 397 g/mol. The van der Waals surface area contributed by atoms with E-state index in [0.717, 1.165) is 24.1 Å². The lowest BCUT2D eigenvalue weighted by Crippen LogP contribution is -2.34. The highest BCUT2D eigenvalue weighted by molar-refractivity contribution is 6.30. The SMILES string of the molecule is CN1CCc2cc(CNC(=O)[C@H]3CC(=O)N(C)[C@@H]3c3cccc(Cl)c3)ccc21. The number of amides is 2. The Hall–Kier alpha value is -2.53. The molecule has 0 spiro atoms. The molecule has 0 aliphatic carbocycles. The maximum atomic E-state index is 12.9. The van der Waals surface area contributed by atoms with Crippen LogP contribution in [0.2, 0.25) is 5.02 Å². The van der Waals surface area contributed by atoms with Crippen LogP contribution in [0.4, 0.5) is 5.69 Å². The molecule has 2 aromatic rings. The highest BCUT2D eigenvalue weighted by Gasteiger charge is 2.42. The van der Waals surface area contributed by atoms with Gasteiger partial charge in [0.05, 0.1) is 12.0 Å². The van der Waals surface area contributed by atoms with Gasteiger partial charge in [-0.25, -0.2) is 0 Å². The lowest BCUT2D eigenvalue weighted by molar-refractivity contribution is -0.128. The number of halogens is 1. The van der Waals surface area contributed by atoms with E-state index in [2.05, 4.69) is 35.5 Å². The molecule has 0 saturated carbocycles. The van der Waals surface area contributed by atoms with E-state index in [1.54, 1.807) is 18.0 Å². The molecule has 2 aliphatic rings. The van der Waals surface area contributed by atoms with Crippen molar-refractivity contribution in [1.82, 2.24) is 10.2 Å². The fourth-order valence-corrected chi connectivity index (χ4v) is 4.50. The van der Waals surface area contributed by atoms with Crippen LogP contribution in [0.15, 0.2) is 42.5 Å². The van der Waals surface area contributed by atoms with E-state index in [-0.39, 0.29) is 24.3 Å². The van der Waals surface area contributed by atoms with Gasteiger partial charge >= 0.3 is 0 Å². The summed E-state index contributed by atoms with van der Waals surface area (Å²) in [5.41, 5.74) is 4.56. The number of hydrogen-bond donors (Lipinski definition) is 1. The summed E-state index contributed by atoms with van der Waals surface area (Å²) in [7, 11) is 3.84. The fourth-order valence-electron chi connectivity index (χ4n) is 4.30. The van der Waals surface area contributed by atoms with Gasteiger partial charge < -0.3 is 15.1 Å². The zero-order valence-electron chi connectivity index (χ0n) is 16.1. The van der Waals surface area contributed by atoms with Gasteiger partial charge in [0.15, 0.2) is 0 Å². The Morgan fingerprint density at radius 1 is 1.21 bits per heavy atom. The first-order valence-electron chi connectivity index (χ1n) is 9.56. The molecule has 1 fully saturated rings. The standard InChI is InChI=1S/C22H24ClN3O2/c1-25-9-8-15-10-14(6-7-19(15)25)13-24-22(28)18-12-20(27)26(2)21(18)16-4-3-5-17(23)11-16/h3-7,10-11,18,21H,8-9,12-13H2,1-2H3,(H,24,28)/t18-,21+/m0/s1. The summed E-state index contributed by atoms with van der Waals surface area (Å²) >= 11 is 6.13. The van der Waals surface area contributed by atoms with Gasteiger partial charge in [0.25, 0.3) is 0 Å². The van der Waals surface area contributed by atoms with E-state index in [1.165, 1.54) is 11.3 Å². The van der Waals surface area contributed by atoms with Crippen molar-refractivity contribution in [3.05, 3.63) is 64.2 Å². The van der Waals surface area contributed by atoms with E-state index < -0.39 is 5.92 Å². The van der Waals surface area contributed by atoms with Crippen LogP contribution in [-0.2, 0) is 22.6 Å². The summed E-state index contributed by atoms with van der Waals surface area (Å²) in [6.45, 7) is 1.50. The van der Waals surface area contributed by atoms with Crippen molar-refractivity contribution in [2.24, 2.45) is 5.92 Å². The normalized spacial score (nSPS) is 21.2. The lowest BCUT2D eigenvalue weighted by Gasteiger charge is -2.25. The molecule has 0 radical (unpaired) electrons. The van der Waals surface area contributed by atoms with Crippen LogP contribution in [0.5, 0.6) is 0 Å². The fraction of sp³-hybridized carbons (Fsp3) is 0.364. The number of nitrogens with zero attached hydrogens (tertiary/aromatic N) is 2. The number of nitrogens with one attached hydrogen (secondary N) is 1. The summed E-state index contributed by atoms with van der Waals surface area (Å²) in [6.07, 6.45) is 1.25. The van der Waals surface area contributed by atoms with Crippen molar-refractivity contribution in [3.8, 4) is 0 Å². The number of hydrogen-bond acceptors (Lipinski definition) is 3. The molecule has 0 bridgehead atoms. The molecule has 2 aromatic carbocycles. The number of fused-ring (bicyclic) bond motifs is 1. The molecule has 28 heavy (non-hydrogen) atoms. The van der Waals surface area contributed by atoms with Crippen LogP contribution < -0.4 is 10.2 Å². The Morgan fingerprint density at radius 2 is 2.04 bits per heavy atom. The summed E-state index contributed by atoms with van der Waals surface area (Å²) in [6, 6.07) is 13.4. The van der Waals surface area contributed by atoms with Gasteiger partial charge in [-0.05, 0) is 41.3 Å². The minimum absolute atomic E-state index is 0.0225. The zero-order chi connectivity index (χ0) is 19.8. The first kappa shape index (κ1) is 18.8. The number of carbonyl (C=O) groups excluding carboxylic acids is 2. The quantitative estimate of drug-likeness (QED) is 0.862. The number of rotatable bonds is 4. The van der Waals surface area contributed by atoms with Gasteiger partial charge in [-0.1, -0.05) is 35.9 Å². The van der Waals surface area contributed by atoms with Crippen molar-refractivity contribution in [2.45, 2.75) is 25.4 Å². The van der Waals surface area contributed by atoms with E-state index in [4.69, 9.17) is 11.6 Å². The molecule has 0 aromatic heterocycles. The van der Waals surface area contributed by atoms with Gasteiger partial charge in [-0.15, -0.1) is 0 Å². The Morgan fingerprint density at radius 3 is 2.82 bits per heavy atom. The van der Waals surface area contributed by atoms with Gasteiger partial charge in [0, 0.05) is 44.3 Å². The van der Waals surface area contributed by atoms with Crippen molar-refractivity contribution in [3.63, 3.8) is 0 Å². The number of anilines is 1. The molecule has 1 saturated heterocycles. The molecule has 146 valence electrons. The molecule has 2 heterocycles. The van der Waals surface area contributed by atoms with E-state index in [1.807, 2.05) is 18.2 Å². The Kier molecular flexibility index (Phi) is 5.02. The maximum absolute atomic E-state index is 12.9. The molecule has 0 unspecified atom stereocenters. The topological polar surface area (TPSA) is 52.7 Å². The van der Waals surface area contributed by atoms with Gasteiger partial charge in [-0.2, -0.15) is 0 Å². The summed E-state index contributed by atoms with van der Waals surface area (Å²) in [5.74, 6) is -0.539. The Balaban J connectivity index is 1.48. The first-order valence-corrected chi connectivity index (χ1v) is 9.93. The predicted molar refractivity (Wildman–Crippen MR) is 110 cm³/mol. The van der Waals surface area contributed by atoms with Crippen LogP contribution in [0.3, 0.4) is 0 Å². The molecule has 4 rings (SSSR count). The summed E-state index contributed by atoms with van der Waals surface area (Å²) < 4.78 is 0. The average molecular weight is 398 g/mol. The van der Waals surface area contributed by atoms with Gasteiger partial charge in [-0.3, -0.25) is 9.59 Å². The first-order chi connectivity index (χ1) is 13.4. The molecule has 5 nitrogen and oxygen atoms in total. The molecule has 2 atom stereocenters. The molecule has 1 N–H and O–H groups in total. The minimum atomic E-state index is -0.420. The zero-order valence-corrected chi connectivity index (χ0v) is 16.9. The van der Waals surface area contributed by atoms with E-state index in [0.29, 0.717) is 11.6 Å². The summed E-state index contributed by atoms with van der Waals surface area (Å²) in [4.78, 5) is 29.1. The largest absolute Gasteiger partial charge is 0.374 e. The third-order valence-electron chi connectivity index (χ3n) is 5.85. The van der Waals surface area contributed by atoms with Crippen molar-refractivity contribution in [2.75, 3.05) is 25.5 Å². The highest BCUT2D eigenvalue weighted by atomic mass is 35.5. The smallest absolute Gasteiger partial charge is 0.226 e. The summed E-state index contributed by atoms with van der Waals surface area (Å²) in [5, 5.41) is 3.64. The van der Waals surface area contributed by atoms with E-state index in [9.17, 15) is 9.59 Å². The van der Waals surface area contributed by atoms with Gasteiger partial charge in [0.2, 0.25) is 11.8 Å². The number of likely N-dealkylation sites (N-methyl/N-ethyl adjacent to an activating group) is 1. The second-order valence-electron chi connectivity index (χ2n) is 7.67. The second-order valence-corrected chi connectivity index (χ2v) is 8.10. The lowest BCUT2D eigenvalue weighted by atomic mass is 9.93. The average Bonchev–Trinajstić information content (AvgIpc) is 3.19. The van der Waals surface area contributed by atoms with Crippen LogP contribution in [0.25, 0.3) is 0 Å². The maximum Gasteiger partial charge on any atom is 0.226 e. The van der Waals surface area contributed by atoms with Crippen LogP contribution >= 0.6 is 11.6 Å². The van der Waals surface area contributed by atoms with E-state index >= 15 is 0 Å². The van der Waals surface area contributed by atoms with Crippen molar-refractivity contribution >= 4 is 29.1 Å². The van der Waals surface area contributed by atoms with Gasteiger partial charge in [0.1, 0.15) is 0 Å². The molecule has 6 heteroatoms. The van der Waals surface area contributed by atoms with Crippen LogP contribution in [-0.4, -0.2) is 37.4 Å². The third-order valence-corrected chi connectivity index (χ3v) is 6.09. The molecule has 2 amide bonds. The molecular formula is C22H24ClN3O2. The molecule has 2 aliphatic heterocycles. The second kappa shape index (κ2) is 7.47. The van der Waals surface area contributed by atoms with Crippen molar-refractivity contribution in [1.29, 1.82) is 0 Å². The van der Waals surface area contributed by atoms with Crippen LogP contribution in [0, 0.1) is 5.92 Å². The highest BCUT2D eigenvalue weighted by Crippen LogP contribution is 2.38. The predicted octanol–water partition coefficient (Wildman–Crippen LogP) is 3.17. The minimum Gasteiger partial charge on any atom is -0.374 e. The third kappa shape index (κ3) is 3.47. The Bertz CT molecular complexity index is 930. The number of benzene rings is 2. The number of likely N-dealkylation sites (tertiary alicyclic amines) is 1.